The van der Waals surface area contributed by atoms with Crippen LogP contribution in [0.15, 0.2) is 36.9 Å². The molecule has 7 heteroatoms. The third-order valence-electron chi connectivity index (χ3n) is 2.71. The van der Waals surface area contributed by atoms with Crippen LogP contribution in [-0.2, 0) is 0 Å². The van der Waals surface area contributed by atoms with Crippen LogP contribution in [0.1, 0.15) is 10.5 Å². The molecule has 114 valence electrons. The van der Waals surface area contributed by atoms with Crippen LogP contribution in [0.4, 0.5) is 13.2 Å². The molecule has 0 saturated carbocycles. The van der Waals surface area contributed by atoms with E-state index in [2.05, 4.69) is 11.6 Å². The van der Waals surface area contributed by atoms with E-state index in [4.69, 9.17) is 9.84 Å². The Morgan fingerprint density at radius 1 is 1.23 bits per heavy atom. The Balaban J connectivity index is 2.63. The number of hydrogen-bond acceptors (Lipinski definition) is 3. The van der Waals surface area contributed by atoms with Gasteiger partial charge in [0.1, 0.15) is 29.6 Å². The molecule has 2 aromatic rings. The molecule has 0 aliphatic rings. The number of carboxylic acids is 1. The van der Waals surface area contributed by atoms with Gasteiger partial charge in [-0.05, 0) is 24.3 Å². The lowest BCUT2D eigenvalue weighted by atomic mass is 10.1. The molecule has 2 rings (SSSR count). The number of benzene rings is 1. The number of aromatic nitrogens is 1. The second-order valence-corrected chi connectivity index (χ2v) is 4.17. The monoisotopic (exact) mass is 309 g/mol. The third kappa shape index (κ3) is 2.93. The number of rotatable bonds is 5. The van der Waals surface area contributed by atoms with Gasteiger partial charge in [-0.15, -0.1) is 0 Å². The lowest BCUT2D eigenvalue weighted by Crippen LogP contribution is -2.05. The van der Waals surface area contributed by atoms with Crippen LogP contribution in [0.5, 0.6) is 5.75 Å². The number of ether oxygens (including phenoxy) is 1. The van der Waals surface area contributed by atoms with Crippen LogP contribution >= 0.6 is 0 Å². The van der Waals surface area contributed by atoms with Gasteiger partial charge in [0.05, 0.1) is 5.56 Å². The summed E-state index contributed by atoms with van der Waals surface area (Å²) < 4.78 is 47.0. The maximum atomic E-state index is 14.3. The number of hydrogen-bond donors (Lipinski definition) is 1. The van der Waals surface area contributed by atoms with Crippen molar-refractivity contribution in [2.24, 2.45) is 0 Å². The molecule has 0 aliphatic heterocycles. The first-order valence-corrected chi connectivity index (χ1v) is 6.07. The topological polar surface area (TPSA) is 59.4 Å². The average molecular weight is 309 g/mol. The fourth-order valence-electron chi connectivity index (χ4n) is 1.75. The molecule has 1 N–H and O–H groups in total. The first-order valence-electron chi connectivity index (χ1n) is 6.07. The van der Waals surface area contributed by atoms with Crippen molar-refractivity contribution in [2.45, 2.75) is 0 Å². The number of nitrogens with zero attached hydrogens (tertiary/aromatic N) is 1. The number of halogens is 3. The Kier molecular flexibility index (Phi) is 4.45. The van der Waals surface area contributed by atoms with Crippen molar-refractivity contribution in [3.63, 3.8) is 0 Å². The zero-order chi connectivity index (χ0) is 16.3. The van der Waals surface area contributed by atoms with Gasteiger partial charge >= 0.3 is 5.97 Å². The molecule has 4 nitrogen and oxygen atoms in total. The van der Waals surface area contributed by atoms with E-state index in [1.165, 1.54) is 6.08 Å². The van der Waals surface area contributed by atoms with Crippen LogP contribution in [0, 0.1) is 17.5 Å². The van der Waals surface area contributed by atoms with Gasteiger partial charge in [-0.1, -0.05) is 12.7 Å². The molecule has 22 heavy (non-hydrogen) atoms. The summed E-state index contributed by atoms with van der Waals surface area (Å²) in [6.45, 7) is 3.35. The van der Waals surface area contributed by atoms with E-state index in [1.807, 2.05) is 0 Å². The highest BCUT2D eigenvalue weighted by molar-refractivity contribution is 5.86. The second-order valence-electron chi connectivity index (χ2n) is 4.17. The first-order chi connectivity index (χ1) is 10.5. The largest absolute Gasteiger partial charge is 0.486 e. The lowest BCUT2D eigenvalue weighted by molar-refractivity contribution is 0.0690. The van der Waals surface area contributed by atoms with E-state index in [9.17, 15) is 18.0 Å². The summed E-state index contributed by atoms with van der Waals surface area (Å²) in [4.78, 5) is 14.3. The average Bonchev–Trinajstić information content (AvgIpc) is 2.48. The van der Waals surface area contributed by atoms with Crippen LogP contribution in [-0.4, -0.2) is 22.7 Å². The highest BCUT2D eigenvalue weighted by atomic mass is 19.1. The summed E-state index contributed by atoms with van der Waals surface area (Å²) in [5, 5.41) is 8.85. The van der Waals surface area contributed by atoms with Crippen molar-refractivity contribution < 1.29 is 27.8 Å². The Morgan fingerprint density at radius 2 is 1.91 bits per heavy atom. The molecule has 0 radical (unpaired) electrons. The van der Waals surface area contributed by atoms with Crippen molar-refractivity contribution in [3.8, 4) is 17.0 Å². The van der Waals surface area contributed by atoms with E-state index < -0.39 is 40.4 Å². The van der Waals surface area contributed by atoms with Crippen LogP contribution in [0.25, 0.3) is 11.3 Å². The van der Waals surface area contributed by atoms with Gasteiger partial charge in [-0.2, -0.15) is 0 Å². The summed E-state index contributed by atoms with van der Waals surface area (Å²) in [7, 11) is 0. The summed E-state index contributed by atoms with van der Waals surface area (Å²) >= 11 is 0. The van der Waals surface area contributed by atoms with Crippen molar-refractivity contribution >= 4 is 5.97 Å². The van der Waals surface area contributed by atoms with Crippen molar-refractivity contribution in [2.75, 3.05) is 6.61 Å². The van der Waals surface area contributed by atoms with Crippen molar-refractivity contribution in [1.82, 2.24) is 4.98 Å². The van der Waals surface area contributed by atoms with Gasteiger partial charge in [-0.3, -0.25) is 0 Å². The summed E-state index contributed by atoms with van der Waals surface area (Å²) in [5.41, 5.74) is -2.06. The van der Waals surface area contributed by atoms with Gasteiger partial charge in [0.2, 0.25) is 0 Å². The van der Waals surface area contributed by atoms with E-state index in [-0.39, 0.29) is 12.4 Å². The first kappa shape index (κ1) is 15.6. The Morgan fingerprint density at radius 3 is 2.55 bits per heavy atom. The van der Waals surface area contributed by atoms with Gasteiger partial charge < -0.3 is 9.84 Å². The van der Waals surface area contributed by atoms with E-state index in [1.54, 1.807) is 0 Å². The Labute approximate surface area is 123 Å². The molecule has 0 unspecified atom stereocenters. The maximum Gasteiger partial charge on any atom is 0.354 e. The predicted octanol–water partition coefficient (Wildman–Crippen LogP) is 3.43. The summed E-state index contributed by atoms with van der Waals surface area (Å²) in [5.74, 6) is -5.07. The maximum absolute atomic E-state index is 14.3. The zero-order valence-corrected chi connectivity index (χ0v) is 11.1. The smallest absolute Gasteiger partial charge is 0.354 e. The number of aromatic carboxylic acids is 1. The molecule has 0 saturated heterocycles. The van der Waals surface area contributed by atoms with Crippen LogP contribution in [0.2, 0.25) is 0 Å². The Bertz CT molecular complexity index is 747. The second kappa shape index (κ2) is 6.30. The highest BCUT2D eigenvalue weighted by Crippen LogP contribution is 2.32. The molecule has 0 amide bonds. The fraction of sp³-hybridized carbons (Fsp3) is 0.0667. The quantitative estimate of drug-likeness (QED) is 0.860. The molecule has 1 aromatic heterocycles. The van der Waals surface area contributed by atoms with E-state index >= 15 is 0 Å². The standard InChI is InChI=1S/C15H10F3NO3/c1-2-7-22-11-6-4-8(16)12(13(11)18)14-9(17)3-5-10(19-14)15(20)21/h2-6H,1,7H2,(H,20,21). The number of carboxylic acid groups (broad SMARTS) is 1. The normalized spacial score (nSPS) is 10.3. The van der Waals surface area contributed by atoms with E-state index in [0.717, 1.165) is 24.3 Å². The molecule has 1 aromatic carbocycles. The van der Waals surface area contributed by atoms with Crippen LogP contribution < -0.4 is 4.74 Å². The SMILES string of the molecule is C=CCOc1ccc(F)c(-c2nc(C(=O)O)ccc2F)c1F. The highest BCUT2D eigenvalue weighted by Gasteiger charge is 2.22. The van der Waals surface area contributed by atoms with Gasteiger partial charge in [0.25, 0.3) is 0 Å². The molecule has 0 aliphatic carbocycles. The van der Waals surface area contributed by atoms with Gasteiger partial charge in [-0.25, -0.2) is 22.9 Å². The molecule has 0 atom stereocenters. The minimum absolute atomic E-state index is 0.0347. The number of pyridine rings is 1. The molecular weight excluding hydrogens is 299 g/mol. The molecule has 0 fully saturated rings. The molecular formula is C15H10F3NO3. The predicted molar refractivity (Wildman–Crippen MR) is 72.2 cm³/mol. The van der Waals surface area contributed by atoms with Gasteiger partial charge in [0.15, 0.2) is 11.6 Å². The zero-order valence-electron chi connectivity index (χ0n) is 11.1. The summed E-state index contributed by atoms with van der Waals surface area (Å²) in [6.07, 6.45) is 1.35. The van der Waals surface area contributed by atoms with Crippen molar-refractivity contribution in [1.29, 1.82) is 0 Å². The summed E-state index contributed by atoms with van der Waals surface area (Å²) in [6, 6.07) is 3.60. The third-order valence-corrected chi connectivity index (χ3v) is 2.71. The minimum Gasteiger partial charge on any atom is -0.486 e. The molecule has 0 spiro atoms. The minimum atomic E-state index is -1.44. The Hall–Kier alpha value is -2.83. The number of carbonyl (C=O) groups is 1. The molecule has 1 heterocycles. The lowest BCUT2D eigenvalue weighted by Gasteiger charge is -2.11. The van der Waals surface area contributed by atoms with Crippen molar-refractivity contribution in [3.05, 3.63) is 60.1 Å². The fourth-order valence-corrected chi connectivity index (χ4v) is 1.75. The van der Waals surface area contributed by atoms with Crippen LogP contribution in [0.3, 0.4) is 0 Å². The van der Waals surface area contributed by atoms with E-state index in [0.29, 0.717) is 0 Å². The van der Waals surface area contributed by atoms with Gasteiger partial charge in [0, 0.05) is 0 Å². The molecule has 0 bridgehead atoms.